The van der Waals surface area contributed by atoms with Crippen molar-refractivity contribution >= 4 is 17.6 Å². The molecule has 16 heavy (non-hydrogen) atoms. The Labute approximate surface area is 100 Å². The second-order valence-electron chi connectivity index (χ2n) is 4.15. The lowest BCUT2D eigenvalue weighted by atomic mass is 9.93. The van der Waals surface area contributed by atoms with Gasteiger partial charge in [0.05, 0.1) is 0 Å². The molecule has 1 unspecified atom stereocenters. The smallest absolute Gasteiger partial charge is 0.320 e. The molecule has 1 atom stereocenters. The first-order valence-electron chi connectivity index (χ1n) is 5.18. The highest BCUT2D eigenvalue weighted by atomic mass is 35.5. The van der Waals surface area contributed by atoms with Crippen LogP contribution in [0.1, 0.15) is 30.9 Å². The van der Waals surface area contributed by atoms with E-state index in [1.807, 2.05) is 12.1 Å². The number of carbonyl (C=O) groups is 1. The molecule has 0 aromatic heterocycles. The average molecular weight is 242 g/mol. The summed E-state index contributed by atoms with van der Waals surface area (Å²) in [4.78, 5) is 10.7. The number of benzene rings is 1. The summed E-state index contributed by atoms with van der Waals surface area (Å²) in [6, 6.07) is 4.65. The minimum absolute atomic E-state index is 0.309. The lowest BCUT2D eigenvalue weighted by Crippen LogP contribution is -2.32. The van der Waals surface area contributed by atoms with Crippen LogP contribution >= 0.6 is 11.6 Å². The van der Waals surface area contributed by atoms with E-state index in [1.165, 1.54) is 0 Å². The SMILES string of the molecule is CC(C)c1ccc(Cl)cc1CC(N)C(=O)O. The molecule has 0 saturated heterocycles. The highest BCUT2D eigenvalue weighted by Gasteiger charge is 2.15. The second kappa shape index (κ2) is 5.32. The maximum atomic E-state index is 10.7. The molecule has 1 aromatic carbocycles. The van der Waals surface area contributed by atoms with Crippen LogP contribution in [0.2, 0.25) is 5.02 Å². The number of rotatable bonds is 4. The van der Waals surface area contributed by atoms with Gasteiger partial charge in [0.2, 0.25) is 0 Å². The summed E-state index contributed by atoms with van der Waals surface area (Å²) >= 11 is 5.90. The van der Waals surface area contributed by atoms with E-state index in [1.54, 1.807) is 6.07 Å². The lowest BCUT2D eigenvalue weighted by Gasteiger charge is -2.15. The van der Waals surface area contributed by atoms with Crippen LogP contribution in [0.25, 0.3) is 0 Å². The molecular weight excluding hydrogens is 226 g/mol. The van der Waals surface area contributed by atoms with Gasteiger partial charge in [-0.05, 0) is 35.6 Å². The number of aliphatic carboxylic acids is 1. The summed E-state index contributed by atoms with van der Waals surface area (Å²) < 4.78 is 0. The van der Waals surface area contributed by atoms with Crippen molar-refractivity contribution in [3.8, 4) is 0 Å². The number of hydrogen-bond acceptors (Lipinski definition) is 2. The molecule has 4 heteroatoms. The minimum Gasteiger partial charge on any atom is -0.480 e. The van der Waals surface area contributed by atoms with Gasteiger partial charge in [0, 0.05) is 5.02 Å². The Kier molecular flexibility index (Phi) is 4.33. The second-order valence-corrected chi connectivity index (χ2v) is 4.58. The first kappa shape index (κ1) is 13.0. The average Bonchev–Trinajstić information content (AvgIpc) is 2.16. The Hall–Kier alpha value is -1.06. The fourth-order valence-electron chi connectivity index (χ4n) is 1.64. The molecule has 0 aliphatic carbocycles. The maximum absolute atomic E-state index is 10.7. The van der Waals surface area contributed by atoms with Crippen LogP contribution in [-0.4, -0.2) is 17.1 Å². The van der Waals surface area contributed by atoms with Gasteiger partial charge in [0.25, 0.3) is 0 Å². The first-order valence-corrected chi connectivity index (χ1v) is 5.56. The van der Waals surface area contributed by atoms with Gasteiger partial charge < -0.3 is 10.8 Å². The predicted octanol–water partition coefficient (Wildman–Crippen LogP) is 2.42. The topological polar surface area (TPSA) is 63.3 Å². The molecule has 88 valence electrons. The monoisotopic (exact) mass is 241 g/mol. The highest BCUT2D eigenvalue weighted by molar-refractivity contribution is 6.30. The fourth-order valence-corrected chi connectivity index (χ4v) is 1.83. The third-order valence-corrected chi connectivity index (χ3v) is 2.72. The van der Waals surface area contributed by atoms with Gasteiger partial charge in [-0.25, -0.2) is 0 Å². The molecule has 0 heterocycles. The number of carboxylic acids is 1. The lowest BCUT2D eigenvalue weighted by molar-refractivity contribution is -0.138. The number of carboxylic acid groups (broad SMARTS) is 1. The van der Waals surface area contributed by atoms with Gasteiger partial charge in [-0.1, -0.05) is 31.5 Å². The summed E-state index contributed by atoms with van der Waals surface area (Å²) in [5.74, 6) is -0.664. The molecule has 0 fully saturated rings. The third kappa shape index (κ3) is 3.22. The summed E-state index contributed by atoms with van der Waals surface area (Å²) in [6.07, 6.45) is 0.309. The summed E-state index contributed by atoms with van der Waals surface area (Å²) in [7, 11) is 0. The van der Waals surface area contributed by atoms with Crippen molar-refractivity contribution in [2.75, 3.05) is 0 Å². The zero-order chi connectivity index (χ0) is 12.3. The van der Waals surface area contributed by atoms with E-state index in [4.69, 9.17) is 22.4 Å². The standard InChI is InChI=1S/C12H16ClNO2/c1-7(2)10-4-3-9(13)5-8(10)6-11(14)12(15)16/h3-5,7,11H,6,14H2,1-2H3,(H,15,16). The van der Waals surface area contributed by atoms with Crippen molar-refractivity contribution < 1.29 is 9.90 Å². The maximum Gasteiger partial charge on any atom is 0.320 e. The van der Waals surface area contributed by atoms with E-state index in [-0.39, 0.29) is 0 Å². The van der Waals surface area contributed by atoms with Gasteiger partial charge in [0.15, 0.2) is 0 Å². The normalized spacial score (nSPS) is 12.8. The van der Waals surface area contributed by atoms with E-state index >= 15 is 0 Å². The molecule has 0 bridgehead atoms. The summed E-state index contributed by atoms with van der Waals surface area (Å²) in [5, 5.41) is 9.39. The van der Waals surface area contributed by atoms with Crippen molar-refractivity contribution in [2.45, 2.75) is 32.2 Å². The molecule has 1 rings (SSSR count). The molecule has 0 radical (unpaired) electrons. The van der Waals surface area contributed by atoms with Crippen molar-refractivity contribution in [2.24, 2.45) is 5.73 Å². The molecule has 0 saturated carbocycles. The molecule has 0 aliphatic rings. The van der Waals surface area contributed by atoms with Crippen LogP contribution in [0.5, 0.6) is 0 Å². The van der Waals surface area contributed by atoms with Crippen molar-refractivity contribution in [3.05, 3.63) is 34.3 Å². The van der Waals surface area contributed by atoms with E-state index < -0.39 is 12.0 Å². The molecule has 0 spiro atoms. The predicted molar refractivity (Wildman–Crippen MR) is 64.9 cm³/mol. The third-order valence-electron chi connectivity index (χ3n) is 2.48. The summed E-state index contributed by atoms with van der Waals surface area (Å²) in [6.45, 7) is 4.11. The van der Waals surface area contributed by atoms with Crippen LogP contribution < -0.4 is 5.73 Å². The minimum atomic E-state index is -0.991. The van der Waals surface area contributed by atoms with Gasteiger partial charge in [-0.3, -0.25) is 4.79 Å². The largest absolute Gasteiger partial charge is 0.480 e. The number of halogens is 1. The van der Waals surface area contributed by atoms with Gasteiger partial charge in [-0.2, -0.15) is 0 Å². The molecule has 3 N–H and O–H groups in total. The quantitative estimate of drug-likeness (QED) is 0.851. The Balaban J connectivity index is 3.01. The Morgan fingerprint density at radius 1 is 1.50 bits per heavy atom. The van der Waals surface area contributed by atoms with Crippen LogP contribution in [0.3, 0.4) is 0 Å². The van der Waals surface area contributed by atoms with Crippen molar-refractivity contribution in [1.29, 1.82) is 0 Å². The van der Waals surface area contributed by atoms with E-state index in [9.17, 15) is 4.79 Å². The number of nitrogens with two attached hydrogens (primary N) is 1. The fraction of sp³-hybridized carbons (Fsp3) is 0.417. The Bertz CT molecular complexity index is 391. The van der Waals surface area contributed by atoms with Gasteiger partial charge >= 0.3 is 5.97 Å². The van der Waals surface area contributed by atoms with Gasteiger partial charge in [-0.15, -0.1) is 0 Å². The van der Waals surface area contributed by atoms with Gasteiger partial charge in [0.1, 0.15) is 6.04 Å². The molecule has 1 aromatic rings. The van der Waals surface area contributed by atoms with E-state index in [0.29, 0.717) is 17.4 Å². The molecule has 0 amide bonds. The summed E-state index contributed by atoms with van der Waals surface area (Å²) in [5.41, 5.74) is 7.54. The van der Waals surface area contributed by atoms with E-state index in [0.717, 1.165) is 11.1 Å². The first-order chi connectivity index (χ1) is 7.41. The Morgan fingerprint density at radius 3 is 2.62 bits per heavy atom. The van der Waals surface area contributed by atoms with Crippen LogP contribution in [0, 0.1) is 0 Å². The molecule has 3 nitrogen and oxygen atoms in total. The van der Waals surface area contributed by atoms with Crippen LogP contribution in [0.15, 0.2) is 18.2 Å². The van der Waals surface area contributed by atoms with Crippen molar-refractivity contribution in [1.82, 2.24) is 0 Å². The Morgan fingerprint density at radius 2 is 2.12 bits per heavy atom. The number of hydrogen-bond donors (Lipinski definition) is 2. The highest BCUT2D eigenvalue weighted by Crippen LogP contribution is 2.24. The molecule has 0 aliphatic heterocycles. The van der Waals surface area contributed by atoms with E-state index in [2.05, 4.69) is 13.8 Å². The van der Waals surface area contributed by atoms with Crippen LogP contribution in [-0.2, 0) is 11.2 Å². The van der Waals surface area contributed by atoms with Crippen LogP contribution in [0.4, 0.5) is 0 Å². The zero-order valence-electron chi connectivity index (χ0n) is 9.40. The molecular formula is C12H16ClNO2. The van der Waals surface area contributed by atoms with Crippen molar-refractivity contribution in [3.63, 3.8) is 0 Å². The zero-order valence-corrected chi connectivity index (χ0v) is 10.2.